The molecule has 0 aromatic carbocycles. The van der Waals surface area contributed by atoms with Crippen LogP contribution in [0.5, 0.6) is 0 Å². The summed E-state index contributed by atoms with van der Waals surface area (Å²) in [5.41, 5.74) is -0.316. The molecular formula is C16H30N2O3. The summed E-state index contributed by atoms with van der Waals surface area (Å²) in [6.45, 7) is 8.37. The second kappa shape index (κ2) is 8.37. The highest BCUT2D eigenvalue weighted by atomic mass is 16.4. The molecule has 0 radical (unpaired) electrons. The first kappa shape index (κ1) is 18.0. The number of carbonyl (C=O) groups is 2. The van der Waals surface area contributed by atoms with Gasteiger partial charge in [-0.2, -0.15) is 0 Å². The lowest BCUT2D eigenvalue weighted by Crippen LogP contribution is -2.51. The molecule has 1 heterocycles. The zero-order chi connectivity index (χ0) is 15.9. The number of rotatable bonds is 8. The summed E-state index contributed by atoms with van der Waals surface area (Å²) in [6.07, 6.45) is 3.70. The summed E-state index contributed by atoms with van der Waals surface area (Å²) in [4.78, 5) is 23.5. The molecule has 2 unspecified atom stereocenters. The van der Waals surface area contributed by atoms with Crippen molar-refractivity contribution in [3.63, 3.8) is 0 Å². The second-order valence-corrected chi connectivity index (χ2v) is 6.72. The number of hydrogen-bond donors (Lipinski definition) is 3. The van der Waals surface area contributed by atoms with Gasteiger partial charge in [-0.25, -0.2) is 0 Å². The average molecular weight is 298 g/mol. The van der Waals surface area contributed by atoms with Crippen LogP contribution >= 0.6 is 0 Å². The molecule has 21 heavy (non-hydrogen) atoms. The monoisotopic (exact) mass is 298 g/mol. The summed E-state index contributed by atoms with van der Waals surface area (Å²) in [7, 11) is 0. The fourth-order valence-electron chi connectivity index (χ4n) is 3.20. The van der Waals surface area contributed by atoms with E-state index in [-0.39, 0.29) is 23.7 Å². The Morgan fingerprint density at radius 2 is 2.10 bits per heavy atom. The Morgan fingerprint density at radius 3 is 2.57 bits per heavy atom. The minimum absolute atomic E-state index is 0.0110. The average Bonchev–Trinajstić information content (AvgIpc) is 2.44. The van der Waals surface area contributed by atoms with Crippen LogP contribution in [-0.4, -0.2) is 36.6 Å². The minimum Gasteiger partial charge on any atom is -0.481 e. The van der Waals surface area contributed by atoms with Gasteiger partial charge in [-0.05, 0) is 44.1 Å². The van der Waals surface area contributed by atoms with E-state index in [0.29, 0.717) is 12.5 Å². The summed E-state index contributed by atoms with van der Waals surface area (Å²) in [5, 5.41) is 15.3. The first-order valence-corrected chi connectivity index (χ1v) is 8.10. The van der Waals surface area contributed by atoms with E-state index in [2.05, 4.69) is 31.4 Å². The molecule has 1 aliphatic heterocycles. The van der Waals surface area contributed by atoms with E-state index in [1.807, 2.05) is 0 Å². The summed E-state index contributed by atoms with van der Waals surface area (Å²) < 4.78 is 0. The Morgan fingerprint density at radius 1 is 1.38 bits per heavy atom. The standard InChI is InChI=1S/C16H30N2O3/c1-4-16(6-5-7-17-11-16)15(21)18-10-13(8-12(2)3)9-14(19)20/h12-13,17H,4-11H2,1-3H3,(H,18,21)(H,19,20). The largest absolute Gasteiger partial charge is 0.481 e. The highest BCUT2D eigenvalue weighted by Crippen LogP contribution is 2.30. The maximum atomic E-state index is 12.5. The molecule has 0 aromatic heterocycles. The normalized spacial score (nSPS) is 23.8. The molecule has 1 aliphatic rings. The fourth-order valence-corrected chi connectivity index (χ4v) is 3.20. The zero-order valence-electron chi connectivity index (χ0n) is 13.6. The van der Waals surface area contributed by atoms with Crippen molar-refractivity contribution in [2.24, 2.45) is 17.3 Å². The molecule has 1 amide bonds. The Kier molecular flexibility index (Phi) is 7.15. The Bertz CT molecular complexity index is 349. The number of carboxylic acids is 1. The van der Waals surface area contributed by atoms with Gasteiger partial charge in [-0.3, -0.25) is 9.59 Å². The van der Waals surface area contributed by atoms with Crippen molar-refractivity contribution in [2.45, 2.75) is 52.9 Å². The predicted molar refractivity (Wildman–Crippen MR) is 83.0 cm³/mol. The molecule has 1 fully saturated rings. The van der Waals surface area contributed by atoms with Crippen molar-refractivity contribution in [1.82, 2.24) is 10.6 Å². The molecule has 0 aliphatic carbocycles. The molecule has 1 saturated heterocycles. The van der Waals surface area contributed by atoms with E-state index in [0.717, 1.165) is 38.8 Å². The van der Waals surface area contributed by atoms with Crippen LogP contribution < -0.4 is 10.6 Å². The van der Waals surface area contributed by atoms with Gasteiger partial charge in [0.25, 0.3) is 0 Å². The maximum absolute atomic E-state index is 12.5. The minimum atomic E-state index is -0.792. The van der Waals surface area contributed by atoms with Crippen molar-refractivity contribution in [1.29, 1.82) is 0 Å². The van der Waals surface area contributed by atoms with E-state index >= 15 is 0 Å². The van der Waals surface area contributed by atoms with Gasteiger partial charge < -0.3 is 15.7 Å². The lowest BCUT2D eigenvalue weighted by Gasteiger charge is -2.36. The molecule has 1 rings (SSSR count). The lowest BCUT2D eigenvalue weighted by atomic mass is 9.77. The molecule has 0 spiro atoms. The molecule has 3 N–H and O–H groups in total. The van der Waals surface area contributed by atoms with Crippen molar-refractivity contribution in [2.75, 3.05) is 19.6 Å². The van der Waals surface area contributed by atoms with Crippen LogP contribution in [0.25, 0.3) is 0 Å². The number of carboxylic acid groups (broad SMARTS) is 1. The number of amides is 1. The fraction of sp³-hybridized carbons (Fsp3) is 0.875. The number of nitrogens with one attached hydrogen (secondary N) is 2. The van der Waals surface area contributed by atoms with Gasteiger partial charge >= 0.3 is 5.97 Å². The van der Waals surface area contributed by atoms with Crippen LogP contribution in [0, 0.1) is 17.3 Å². The number of aliphatic carboxylic acids is 1. The van der Waals surface area contributed by atoms with Crippen LogP contribution in [-0.2, 0) is 9.59 Å². The first-order chi connectivity index (χ1) is 9.89. The van der Waals surface area contributed by atoms with Crippen molar-refractivity contribution < 1.29 is 14.7 Å². The number of hydrogen-bond acceptors (Lipinski definition) is 3. The van der Waals surface area contributed by atoms with E-state index in [1.165, 1.54) is 0 Å². The highest BCUT2D eigenvalue weighted by molar-refractivity contribution is 5.83. The Balaban J connectivity index is 2.56. The van der Waals surface area contributed by atoms with E-state index in [4.69, 9.17) is 5.11 Å². The molecule has 0 bridgehead atoms. The van der Waals surface area contributed by atoms with Gasteiger partial charge in [-0.15, -0.1) is 0 Å². The number of piperidine rings is 1. The topological polar surface area (TPSA) is 78.4 Å². The molecule has 0 saturated carbocycles. The van der Waals surface area contributed by atoms with Crippen molar-refractivity contribution in [3.05, 3.63) is 0 Å². The van der Waals surface area contributed by atoms with Gasteiger partial charge in [0.05, 0.1) is 5.41 Å². The zero-order valence-corrected chi connectivity index (χ0v) is 13.6. The molecule has 5 heteroatoms. The van der Waals surface area contributed by atoms with E-state index < -0.39 is 5.97 Å². The maximum Gasteiger partial charge on any atom is 0.303 e. The third kappa shape index (κ3) is 5.65. The van der Waals surface area contributed by atoms with Gasteiger partial charge in [-0.1, -0.05) is 20.8 Å². The molecule has 2 atom stereocenters. The van der Waals surface area contributed by atoms with Gasteiger partial charge in [0.1, 0.15) is 0 Å². The summed E-state index contributed by atoms with van der Waals surface area (Å²) in [6, 6.07) is 0. The second-order valence-electron chi connectivity index (χ2n) is 6.72. The van der Waals surface area contributed by atoms with Crippen LogP contribution in [0.15, 0.2) is 0 Å². The van der Waals surface area contributed by atoms with Crippen LogP contribution in [0.1, 0.15) is 52.9 Å². The number of carbonyl (C=O) groups excluding carboxylic acids is 1. The third-order valence-corrected chi connectivity index (χ3v) is 4.45. The van der Waals surface area contributed by atoms with E-state index in [9.17, 15) is 9.59 Å². The predicted octanol–water partition coefficient (Wildman–Crippen LogP) is 2.02. The molecule has 5 nitrogen and oxygen atoms in total. The van der Waals surface area contributed by atoms with Crippen LogP contribution in [0.3, 0.4) is 0 Å². The van der Waals surface area contributed by atoms with Gasteiger partial charge in [0, 0.05) is 19.5 Å². The molecular weight excluding hydrogens is 268 g/mol. The smallest absolute Gasteiger partial charge is 0.303 e. The SMILES string of the molecule is CCC1(C(=O)NCC(CC(=O)O)CC(C)C)CCCNC1. The molecule has 0 aromatic rings. The van der Waals surface area contributed by atoms with Crippen LogP contribution in [0.4, 0.5) is 0 Å². The van der Waals surface area contributed by atoms with Crippen molar-refractivity contribution in [3.8, 4) is 0 Å². The molecule has 122 valence electrons. The van der Waals surface area contributed by atoms with Crippen molar-refractivity contribution >= 4 is 11.9 Å². The van der Waals surface area contributed by atoms with Gasteiger partial charge in [0.2, 0.25) is 5.91 Å². The Hall–Kier alpha value is -1.10. The highest BCUT2D eigenvalue weighted by Gasteiger charge is 2.37. The van der Waals surface area contributed by atoms with Gasteiger partial charge in [0.15, 0.2) is 0 Å². The van der Waals surface area contributed by atoms with Crippen LogP contribution in [0.2, 0.25) is 0 Å². The lowest BCUT2D eigenvalue weighted by molar-refractivity contribution is -0.139. The van der Waals surface area contributed by atoms with E-state index in [1.54, 1.807) is 0 Å². The Labute approximate surface area is 127 Å². The first-order valence-electron chi connectivity index (χ1n) is 8.10. The summed E-state index contributed by atoms with van der Waals surface area (Å²) >= 11 is 0. The third-order valence-electron chi connectivity index (χ3n) is 4.45. The quantitative estimate of drug-likeness (QED) is 0.640. The summed E-state index contributed by atoms with van der Waals surface area (Å²) in [5.74, 6) is -0.268.